The lowest BCUT2D eigenvalue weighted by Crippen LogP contribution is -2.47. The first-order valence-electron chi connectivity index (χ1n) is 9.23. The van der Waals surface area contributed by atoms with Crippen molar-refractivity contribution in [2.24, 2.45) is 5.92 Å². The molecule has 0 aliphatic carbocycles. The molecule has 0 aromatic heterocycles. The van der Waals surface area contributed by atoms with Gasteiger partial charge < -0.3 is 15.0 Å². The smallest absolute Gasteiger partial charge is 0.254 e. The molecule has 5 nitrogen and oxygen atoms in total. The van der Waals surface area contributed by atoms with E-state index in [-0.39, 0.29) is 23.8 Å². The summed E-state index contributed by atoms with van der Waals surface area (Å²) in [6, 6.07) is 7.71. The zero-order valence-electron chi connectivity index (χ0n) is 15.6. The summed E-state index contributed by atoms with van der Waals surface area (Å²) in [5.74, 6) is -0.0537. The average molecular weight is 346 g/mol. The predicted molar refractivity (Wildman–Crippen MR) is 98.3 cm³/mol. The molecule has 1 saturated heterocycles. The van der Waals surface area contributed by atoms with Crippen LogP contribution in [0.4, 0.5) is 0 Å². The van der Waals surface area contributed by atoms with Gasteiger partial charge in [-0.2, -0.15) is 0 Å². The first-order valence-corrected chi connectivity index (χ1v) is 9.23. The third kappa shape index (κ3) is 5.30. The van der Waals surface area contributed by atoms with E-state index in [1.807, 2.05) is 36.1 Å². The second-order valence-electron chi connectivity index (χ2n) is 6.88. The van der Waals surface area contributed by atoms with E-state index >= 15 is 0 Å². The summed E-state index contributed by atoms with van der Waals surface area (Å²) in [4.78, 5) is 27.2. The molecular formula is C20H30N2O3. The van der Waals surface area contributed by atoms with Crippen molar-refractivity contribution in [3.63, 3.8) is 0 Å². The van der Waals surface area contributed by atoms with Gasteiger partial charge in [-0.3, -0.25) is 9.59 Å². The van der Waals surface area contributed by atoms with E-state index in [0.717, 1.165) is 31.2 Å². The van der Waals surface area contributed by atoms with Crippen LogP contribution in [0.3, 0.4) is 0 Å². The number of carbonyl (C=O) groups excluding carboxylic acids is 2. The predicted octanol–water partition coefficient (Wildman–Crippen LogP) is 2.99. The van der Waals surface area contributed by atoms with Crippen molar-refractivity contribution in [1.29, 1.82) is 0 Å². The molecule has 0 radical (unpaired) electrons. The van der Waals surface area contributed by atoms with E-state index in [4.69, 9.17) is 4.74 Å². The molecule has 1 aromatic carbocycles. The number of nitrogens with one attached hydrogen (secondary N) is 1. The summed E-state index contributed by atoms with van der Waals surface area (Å²) < 4.78 is 5.20. The molecular weight excluding hydrogens is 316 g/mol. The van der Waals surface area contributed by atoms with E-state index in [0.29, 0.717) is 25.3 Å². The fourth-order valence-electron chi connectivity index (χ4n) is 3.42. The monoisotopic (exact) mass is 346 g/mol. The Bertz CT molecular complexity index is 588. The summed E-state index contributed by atoms with van der Waals surface area (Å²) in [5, 5.41) is 3.08. The number of hydrogen-bond donors (Lipinski definition) is 1. The van der Waals surface area contributed by atoms with Gasteiger partial charge in [0.05, 0.1) is 12.5 Å². The Balaban J connectivity index is 2.03. The molecule has 2 amide bonds. The van der Waals surface area contributed by atoms with Crippen LogP contribution >= 0.6 is 0 Å². The molecule has 0 spiro atoms. The van der Waals surface area contributed by atoms with Crippen LogP contribution in [0.15, 0.2) is 24.3 Å². The minimum atomic E-state index is -0.119. The lowest BCUT2D eigenvalue weighted by Gasteiger charge is -2.33. The molecule has 1 aromatic rings. The summed E-state index contributed by atoms with van der Waals surface area (Å²) in [6.45, 7) is 5.75. The highest BCUT2D eigenvalue weighted by Gasteiger charge is 2.30. The highest BCUT2D eigenvalue weighted by Crippen LogP contribution is 2.21. The Hall–Kier alpha value is -1.88. The van der Waals surface area contributed by atoms with Crippen molar-refractivity contribution in [3.05, 3.63) is 35.4 Å². The van der Waals surface area contributed by atoms with Crippen LogP contribution in [-0.4, -0.2) is 43.0 Å². The molecule has 1 heterocycles. The molecule has 0 unspecified atom stereocenters. The van der Waals surface area contributed by atoms with E-state index < -0.39 is 0 Å². The van der Waals surface area contributed by atoms with Crippen molar-refractivity contribution in [2.45, 2.75) is 52.2 Å². The standard InChI is InChI=1S/C20H30N2O3/c1-4-8-15(2)21-19(23)16-10-7-12-22(13-16)20(24)18-11-6-5-9-17(18)14-25-3/h5-6,9,11,15-16H,4,7-8,10,12-14H2,1-3H3,(H,21,23)/t15-,16-/m1/s1. The fraction of sp³-hybridized carbons (Fsp3) is 0.600. The van der Waals surface area contributed by atoms with Crippen molar-refractivity contribution in [3.8, 4) is 0 Å². The maximum absolute atomic E-state index is 12.9. The number of rotatable bonds is 7. The van der Waals surface area contributed by atoms with Gasteiger partial charge in [0.25, 0.3) is 5.91 Å². The average Bonchev–Trinajstić information content (AvgIpc) is 2.62. The molecule has 2 rings (SSSR count). The summed E-state index contributed by atoms with van der Waals surface area (Å²) in [5.41, 5.74) is 1.56. The number of benzene rings is 1. The van der Waals surface area contributed by atoms with E-state index in [1.165, 1.54) is 0 Å². The highest BCUT2D eigenvalue weighted by atomic mass is 16.5. The van der Waals surface area contributed by atoms with Crippen LogP contribution in [0, 0.1) is 5.92 Å². The minimum absolute atomic E-state index is 0.00763. The van der Waals surface area contributed by atoms with E-state index in [2.05, 4.69) is 12.2 Å². The number of piperidine rings is 1. The van der Waals surface area contributed by atoms with Crippen molar-refractivity contribution in [1.82, 2.24) is 10.2 Å². The van der Waals surface area contributed by atoms with Crippen LogP contribution in [0.1, 0.15) is 55.5 Å². The number of nitrogens with zero attached hydrogens (tertiary/aromatic N) is 1. The normalized spacial score (nSPS) is 18.7. The third-order valence-electron chi connectivity index (χ3n) is 4.74. The van der Waals surface area contributed by atoms with Crippen LogP contribution in [-0.2, 0) is 16.1 Å². The van der Waals surface area contributed by atoms with Gasteiger partial charge in [0.15, 0.2) is 0 Å². The number of amides is 2. The SMILES string of the molecule is CCC[C@@H](C)NC(=O)[C@@H]1CCCN(C(=O)c2ccccc2COC)C1. The topological polar surface area (TPSA) is 58.6 Å². The van der Waals surface area contributed by atoms with Crippen LogP contribution < -0.4 is 5.32 Å². The first kappa shape index (κ1) is 19.4. The van der Waals surface area contributed by atoms with Gasteiger partial charge in [0, 0.05) is 31.8 Å². The lowest BCUT2D eigenvalue weighted by atomic mass is 9.95. The molecule has 1 aliphatic heterocycles. The fourth-order valence-corrected chi connectivity index (χ4v) is 3.42. The van der Waals surface area contributed by atoms with E-state index in [9.17, 15) is 9.59 Å². The molecule has 0 bridgehead atoms. The van der Waals surface area contributed by atoms with Gasteiger partial charge in [-0.15, -0.1) is 0 Å². The van der Waals surface area contributed by atoms with Crippen molar-refractivity contribution < 1.29 is 14.3 Å². The molecule has 0 saturated carbocycles. The molecule has 1 fully saturated rings. The molecule has 2 atom stereocenters. The number of ether oxygens (including phenoxy) is 1. The Morgan fingerprint density at radius 3 is 2.84 bits per heavy atom. The first-order chi connectivity index (χ1) is 12.1. The lowest BCUT2D eigenvalue weighted by molar-refractivity contribution is -0.127. The Morgan fingerprint density at radius 2 is 2.12 bits per heavy atom. The molecule has 1 aliphatic rings. The Labute approximate surface area is 150 Å². The van der Waals surface area contributed by atoms with Crippen molar-refractivity contribution >= 4 is 11.8 Å². The number of hydrogen-bond acceptors (Lipinski definition) is 3. The van der Waals surface area contributed by atoms with Crippen LogP contribution in [0.2, 0.25) is 0 Å². The van der Waals surface area contributed by atoms with Gasteiger partial charge in [0.1, 0.15) is 0 Å². The zero-order chi connectivity index (χ0) is 18.2. The van der Waals surface area contributed by atoms with Gasteiger partial charge in [-0.25, -0.2) is 0 Å². The number of methoxy groups -OCH3 is 1. The summed E-state index contributed by atoms with van der Waals surface area (Å²) >= 11 is 0. The van der Waals surface area contributed by atoms with Gasteiger partial charge in [-0.1, -0.05) is 31.5 Å². The third-order valence-corrected chi connectivity index (χ3v) is 4.74. The molecule has 138 valence electrons. The number of likely N-dealkylation sites (tertiary alicyclic amines) is 1. The summed E-state index contributed by atoms with van der Waals surface area (Å²) in [7, 11) is 1.62. The summed E-state index contributed by atoms with van der Waals surface area (Å²) in [6.07, 6.45) is 3.73. The van der Waals surface area contributed by atoms with Crippen LogP contribution in [0.5, 0.6) is 0 Å². The van der Waals surface area contributed by atoms with Gasteiger partial charge >= 0.3 is 0 Å². The minimum Gasteiger partial charge on any atom is -0.380 e. The highest BCUT2D eigenvalue weighted by molar-refractivity contribution is 5.96. The van der Waals surface area contributed by atoms with Gasteiger partial charge in [0.2, 0.25) is 5.91 Å². The Kier molecular flexibility index (Phi) is 7.44. The zero-order valence-corrected chi connectivity index (χ0v) is 15.6. The second-order valence-corrected chi connectivity index (χ2v) is 6.88. The van der Waals surface area contributed by atoms with Gasteiger partial charge in [-0.05, 0) is 37.8 Å². The number of carbonyl (C=O) groups is 2. The quantitative estimate of drug-likeness (QED) is 0.826. The molecule has 5 heteroatoms. The second kappa shape index (κ2) is 9.56. The van der Waals surface area contributed by atoms with Crippen molar-refractivity contribution in [2.75, 3.05) is 20.2 Å². The maximum Gasteiger partial charge on any atom is 0.254 e. The largest absolute Gasteiger partial charge is 0.380 e. The maximum atomic E-state index is 12.9. The Morgan fingerprint density at radius 1 is 1.36 bits per heavy atom. The van der Waals surface area contributed by atoms with Crippen LogP contribution in [0.25, 0.3) is 0 Å². The molecule has 1 N–H and O–H groups in total. The molecule has 25 heavy (non-hydrogen) atoms. The van der Waals surface area contributed by atoms with E-state index in [1.54, 1.807) is 7.11 Å².